The second-order valence-corrected chi connectivity index (χ2v) is 13.0. The number of hydrogen-bond acceptors (Lipinski definition) is 5. The molecule has 0 spiro atoms. The predicted octanol–water partition coefficient (Wildman–Crippen LogP) is 12.4. The highest BCUT2D eigenvalue weighted by atomic mass is 16.6. The van der Waals surface area contributed by atoms with Crippen molar-refractivity contribution in [1.82, 2.24) is 0 Å². The number of carbonyl (C=O) groups excluding carboxylic acids is 2. The van der Waals surface area contributed by atoms with Gasteiger partial charge in [0.1, 0.15) is 6.61 Å². The zero-order chi connectivity index (χ0) is 35.0. The average Bonchev–Trinajstić information content (AvgIpc) is 3.09. The second kappa shape index (κ2) is 39.0. The van der Waals surface area contributed by atoms with Gasteiger partial charge in [-0.3, -0.25) is 9.59 Å². The molecule has 0 fully saturated rings. The highest BCUT2D eigenvalue weighted by molar-refractivity contribution is 5.70. The van der Waals surface area contributed by atoms with Crippen LogP contribution in [0.25, 0.3) is 0 Å². The number of aliphatic hydroxyl groups excluding tert-OH is 1. The molecule has 1 atom stereocenters. The summed E-state index contributed by atoms with van der Waals surface area (Å²) < 4.78 is 10.6. The Morgan fingerprint density at radius 2 is 0.854 bits per heavy atom. The summed E-state index contributed by atoms with van der Waals surface area (Å²) >= 11 is 0. The molecule has 0 aromatic heterocycles. The van der Waals surface area contributed by atoms with Gasteiger partial charge >= 0.3 is 11.9 Å². The average molecular weight is 671 g/mol. The van der Waals surface area contributed by atoms with Gasteiger partial charge in [-0.05, 0) is 77.0 Å². The van der Waals surface area contributed by atoms with E-state index in [1.807, 2.05) is 0 Å². The quantitative estimate of drug-likeness (QED) is 0.0413. The van der Waals surface area contributed by atoms with E-state index in [4.69, 9.17) is 9.47 Å². The molecule has 5 heteroatoms. The summed E-state index contributed by atoms with van der Waals surface area (Å²) in [6.45, 7) is 4.05. The smallest absolute Gasteiger partial charge is 0.306 e. The topological polar surface area (TPSA) is 72.8 Å². The van der Waals surface area contributed by atoms with E-state index in [1.54, 1.807) is 0 Å². The van der Waals surface area contributed by atoms with Crippen LogP contribution < -0.4 is 0 Å². The molecule has 276 valence electrons. The molecule has 5 nitrogen and oxygen atoms in total. The normalized spacial score (nSPS) is 12.8. The molecule has 0 saturated carbocycles. The fourth-order valence-electron chi connectivity index (χ4n) is 5.25. The fourth-order valence-corrected chi connectivity index (χ4v) is 5.25. The van der Waals surface area contributed by atoms with Crippen LogP contribution in [-0.2, 0) is 19.1 Å². The first-order chi connectivity index (χ1) is 23.6. The number of carbonyl (C=O) groups is 2. The Kier molecular flexibility index (Phi) is 37.1. The SMILES string of the molecule is CCCCCC=CCC=CCC=CCC=CCCCC(=O)OC(CO)COC(=O)CCCCCCCCCC=CCCCCCCCC. The minimum atomic E-state index is -0.802. The van der Waals surface area contributed by atoms with Crippen molar-refractivity contribution in [2.45, 2.75) is 187 Å². The maximum atomic E-state index is 12.1. The van der Waals surface area contributed by atoms with Gasteiger partial charge in [0.05, 0.1) is 6.61 Å². The Morgan fingerprint density at radius 3 is 1.38 bits per heavy atom. The van der Waals surface area contributed by atoms with Crippen molar-refractivity contribution in [2.24, 2.45) is 0 Å². The molecule has 0 aromatic rings. The summed E-state index contributed by atoms with van der Waals surface area (Å²) in [7, 11) is 0. The Morgan fingerprint density at radius 1 is 0.479 bits per heavy atom. The zero-order valence-corrected chi connectivity index (χ0v) is 31.2. The Balaban J connectivity index is 3.67. The van der Waals surface area contributed by atoms with Gasteiger partial charge < -0.3 is 14.6 Å². The van der Waals surface area contributed by atoms with Gasteiger partial charge in [-0.25, -0.2) is 0 Å². The molecule has 0 aliphatic carbocycles. The lowest BCUT2D eigenvalue weighted by Crippen LogP contribution is -2.28. The third-order valence-corrected chi connectivity index (χ3v) is 8.28. The van der Waals surface area contributed by atoms with E-state index >= 15 is 0 Å². The van der Waals surface area contributed by atoms with Crippen LogP contribution in [0.4, 0.5) is 0 Å². The summed E-state index contributed by atoms with van der Waals surface area (Å²) in [6.07, 6.45) is 50.0. The van der Waals surface area contributed by atoms with E-state index in [-0.39, 0.29) is 31.6 Å². The van der Waals surface area contributed by atoms with Gasteiger partial charge in [-0.15, -0.1) is 0 Å². The van der Waals surface area contributed by atoms with Crippen LogP contribution in [-0.4, -0.2) is 36.4 Å². The van der Waals surface area contributed by atoms with E-state index in [2.05, 4.69) is 74.6 Å². The maximum Gasteiger partial charge on any atom is 0.306 e. The lowest BCUT2D eigenvalue weighted by molar-refractivity contribution is -0.161. The number of ether oxygens (including phenoxy) is 2. The minimum Gasteiger partial charge on any atom is -0.462 e. The first-order valence-electron chi connectivity index (χ1n) is 19.8. The van der Waals surface area contributed by atoms with E-state index in [9.17, 15) is 14.7 Å². The van der Waals surface area contributed by atoms with Crippen LogP contribution in [0.1, 0.15) is 181 Å². The van der Waals surface area contributed by atoms with Crippen LogP contribution in [0, 0.1) is 0 Å². The van der Waals surface area contributed by atoms with E-state index < -0.39 is 6.10 Å². The molecule has 1 N–H and O–H groups in total. The summed E-state index contributed by atoms with van der Waals surface area (Å²) in [5.74, 6) is -0.664. The third-order valence-electron chi connectivity index (χ3n) is 8.28. The molecule has 1 unspecified atom stereocenters. The predicted molar refractivity (Wildman–Crippen MR) is 205 cm³/mol. The van der Waals surface area contributed by atoms with Crippen LogP contribution >= 0.6 is 0 Å². The summed E-state index contributed by atoms with van der Waals surface area (Å²) in [5.41, 5.74) is 0. The molecular formula is C43H74O5. The highest BCUT2D eigenvalue weighted by Gasteiger charge is 2.15. The Hall–Kier alpha value is -2.40. The van der Waals surface area contributed by atoms with Crippen molar-refractivity contribution >= 4 is 11.9 Å². The summed E-state index contributed by atoms with van der Waals surface area (Å²) in [6, 6.07) is 0. The Labute approximate surface area is 296 Å². The largest absolute Gasteiger partial charge is 0.462 e. The van der Waals surface area contributed by atoms with Crippen molar-refractivity contribution in [3.05, 3.63) is 60.8 Å². The molecule has 0 aliphatic rings. The van der Waals surface area contributed by atoms with Gasteiger partial charge in [0.15, 0.2) is 6.10 Å². The van der Waals surface area contributed by atoms with E-state index in [0.29, 0.717) is 12.8 Å². The molecular weight excluding hydrogens is 596 g/mol. The van der Waals surface area contributed by atoms with Crippen molar-refractivity contribution in [1.29, 1.82) is 0 Å². The number of aliphatic hydroxyl groups is 1. The molecule has 0 bridgehead atoms. The molecule has 48 heavy (non-hydrogen) atoms. The van der Waals surface area contributed by atoms with Crippen LogP contribution in [0.5, 0.6) is 0 Å². The first-order valence-corrected chi connectivity index (χ1v) is 19.8. The lowest BCUT2D eigenvalue weighted by Gasteiger charge is -2.15. The number of hydrogen-bond donors (Lipinski definition) is 1. The number of rotatable bonds is 35. The second-order valence-electron chi connectivity index (χ2n) is 13.0. The Bertz CT molecular complexity index is 853. The van der Waals surface area contributed by atoms with Gasteiger partial charge in [-0.1, -0.05) is 152 Å². The molecule has 0 amide bonds. The lowest BCUT2D eigenvalue weighted by atomic mass is 10.1. The van der Waals surface area contributed by atoms with Crippen molar-refractivity contribution in [3.8, 4) is 0 Å². The van der Waals surface area contributed by atoms with Gasteiger partial charge in [0.2, 0.25) is 0 Å². The van der Waals surface area contributed by atoms with E-state index in [0.717, 1.165) is 44.9 Å². The fraction of sp³-hybridized carbons (Fsp3) is 0.721. The van der Waals surface area contributed by atoms with Gasteiger partial charge in [0, 0.05) is 12.8 Å². The third kappa shape index (κ3) is 36.4. The maximum absolute atomic E-state index is 12.1. The minimum absolute atomic E-state index is 0.0916. The number of unbranched alkanes of at least 4 members (excludes halogenated alkanes) is 17. The van der Waals surface area contributed by atoms with Crippen LogP contribution in [0.3, 0.4) is 0 Å². The van der Waals surface area contributed by atoms with Crippen molar-refractivity contribution in [3.63, 3.8) is 0 Å². The van der Waals surface area contributed by atoms with Crippen LogP contribution in [0.2, 0.25) is 0 Å². The monoisotopic (exact) mass is 671 g/mol. The molecule has 0 rings (SSSR count). The first kappa shape index (κ1) is 45.6. The zero-order valence-electron chi connectivity index (χ0n) is 31.2. The molecule has 0 saturated heterocycles. The molecule has 0 aromatic carbocycles. The van der Waals surface area contributed by atoms with Gasteiger partial charge in [0.25, 0.3) is 0 Å². The summed E-state index contributed by atoms with van der Waals surface area (Å²) in [5, 5.41) is 9.54. The molecule has 0 radical (unpaired) electrons. The van der Waals surface area contributed by atoms with Crippen molar-refractivity contribution in [2.75, 3.05) is 13.2 Å². The number of allylic oxidation sites excluding steroid dienone is 10. The highest BCUT2D eigenvalue weighted by Crippen LogP contribution is 2.12. The molecule has 0 aliphatic heterocycles. The number of esters is 2. The van der Waals surface area contributed by atoms with Gasteiger partial charge in [-0.2, -0.15) is 0 Å². The summed E-state index contributed by atoms with van der Waals surface area (Å²) in [4.78, 5) is 24.2. The van der Waals surface area contributed by atoms with Crippen LogP contribution in [0.15, 0.2) is 60.8 Å². The molecule has 0 heterocycles. The van der Waals surface area contributed by atoms with Crippen molar-refractivity contribution < 1.29 is 24.2 Å². The van der Waals surface area contributed by atoms with E-state index in [1.165, 1.54) is 103 Å². The standard InChI is InChI=1S/C43H74O5/c1-3-5-7-9-11-13-15-17-19-21-23-25-27-29-31-33-35-37-42(45)47-40-41(39-44)48-43(46)38-36-34-32-30-28-26-24-22-20-18-16-14-12-10-8-6-4-2/h12,14,17-20,24,26,30,32,41,44H,3-11,13,15-16,21-23,25,27-29,31,33-40H2,1-2H3.